The minimum absolute atomic E-state index is 0.193. The van der Waals surface area contributed by atoms with Gasteiger partial charge in [-0.25, -0.2) is 0 Å². The van der Waals surface area contributed by atoms with Crippen LogP contribution in [0.5, 0.6) is 5.75 Å². The Kier molecular flexibility index (Phi) is 5.83. The molecule has 0 spiro atoms. The van der Waals surface area contributed by atoms with Crippen molar-refractivity contribution in [3.8, 4) is 5.75 Å². The summed E-state index contributed by atoms with van der Waals surface area (Å²) in [6, 6.07) is 4.92. The van der Waals surface area contributed by atoms with E-state index < -0.39 is 6.23 Å². The Bertz CT molecular complexity index is 794. The number of ether oxygens (including phenoxy) is 1. The molecule has 2 heterocycles. The molecule has 6 nitrogen and oxygen atoms in total. The van der Waals surface area contributed by atoms with Crippen LogP contribution in [0.2, 0.25) is 0 Å². The van der Waals surface area contributed by atoms with Crippen molar-refractivity contribution in [3.05, 3.63) is 29.5 Å². The van der Waals surface area contributed by atoms with Crippen LogP contribution in [0.15, 0.2) is 23.3 Å². The fourth-order valence-electron chi connectivity index (χ4n) is 4.40. The maximum Gasteiger partial charge on any atom is 0.133 e. The maximum atomic E-state index is 10.4. The number of fused-ring (bicyclic) bond motifs is 1. The number of hydrogen-bond donors (Lipinski definition) is 2. The highest BCUT2D eigenvalue weighted by Gasteiger charge is 2.33. The van der Waals surface area contributed by atoms with E-state index in [2.05, 4.69) is 40.8 Å². The molecular weight excluding hydrogens is 364 g/mol. The van der Waals surface area contributed by atoms with Crippen molar-refractivity contribution in [2.24, 2.45) is 10.7 Å². The van der Waals surface area contributed by atoms with Gasteiger partial charge in [0.25, 0.3) is 0 Å². The summed E-state index contributed by atoms with van der Waals surface area (Å²) in [7, 11) is 0. The number of anilines is 1. The minimum atomic E-state index is -0.539. The molecule has 1 aromatic carbocycles. The Morgan fingerprint density at radius 2 is 2.10 bits per heavy atom. The molecule has 3 aliphatic rings. The average Bonchev–Trinajstić information content (AvgIpc) is 3.49. The third-order valence-corrected chi connectivity index (χ3v) is 6.32. The maximum absolute atomic E-state index is 10.4. The number of rotatable bonds is 7. The number of likely N-dealkylation sites (tertiary alicyclic amines) is 1. The second kappa shape index (κ2) is 8.36. The molecule has 0 radical (unpaired) electrons. The Morgan fingerprint density at radius 1 is 1.34 bits per heavy atom. The van der Waals surface area contributed by atoms with Crippen molar-refractivity contribution in [3.63, 3.8) is 0 Å². The highest BCUT2D eigenvalue weighted by molar-refractivity contribution is 6.11. The molecule has 1 unspecified atom stereocenters. The molecule has 1 aliphatic carbocycles. The second-order valence-corrected chi connectivity index (χ2v) is 8.59. The van der Waals surface area contributed by atoms with E-state index in [1.54, 1.807) is 6.20 Å². The Balaban J connectivity index is 1.72. The Labute approximate surface area is 174 Å². The number of likely N-dealkylation sites (N-methyl/N-ethyl adjacent to an activating group) is 1. The number of aliphatic hydroxyl groups excluding tert-OH is 1. The smallest absolute Gasteiger partial charge is 0.133 e. The zero-order valence-corrected chi connectivity index (χ0v) is 17.8. The third-order valence-electron chi connectivity index (χ3n) is 6.32. The van der Waals surface area contributed by atoms with Gasteiger partial charge in [0, 0.05) is 53.9 Å². The fraction of sp³-hybridized carbons (Fsp3) is 0.609. The van der Waals surface area contributed by atoms with Crippen LogP contribution in [0.1, 0.15) is 51.2 Å². The predicted octanol–water partition coefficient (Wildman–Crippen LogP) is 2.78. The number of aliphatic hydroxyl groups is 1. The van der Waals surface area contributed by atoms with E-state index >= 15 is 0 Å². The summed E-state index contributed by atoms with van der Waals surface area (Å²) in [5.41, 5.74) is 10.2. The van der Waals surface area contributed by atoms with E-state index in [0.717, 1.165) is 67.9 Å². The largest absolute Gasteiger partial charge is 0.487 e. The van der Waals surface area contributed by atoms with Gasteiger partial charge in [0.1, 0.15) is 18.1 Å². The van der Waals surface area contributed by atoms with Gasteiger partial charge < -0.3 is 20.5 Å². The van der Waals surface area contributed by atoms with E-state index in [1.165, 1.54) is 5.56 Å². The number of hydrogen-bond acceptors (Lipinski definition) is 6. The van der Waals surface area contributed by atoms with Gasteiger partial charge in [-0.1, -0.05) is 6.92 Å². The lowest BCUT2D eigenvalue weighted by atomic mass is 9.91. The van der Waals surface area contributed by atoms with Crippen LogP contribution in [0.3, 0.4) is 0 Å². The molecule has 0 aromatic heterocycles. The first-order chi connectivity index (χ1) is 14.0. The van der Waals surface area contributed by atoms with Gasteiger partial charge in [-0.3, -0.25) is 9.89 Å². The molecular formula is C23H34N4O2. The SMILES string of the molecule is CCN1CC(Oc2c(C(C=NC3CC3)=CN)ccc3c2CC[C@H](C)N3C(C)O)C1. The molecule has 1 aromatic rings. The van der Waals surface area contributed by atoms with E-state index in [4.69, 9.17) is 10.5 Å². The molecule has 29 heavy (non-hydrogen) atoms. The Morgan fingerprint density at radius 3 is 2.72 bits per heavy atom. The first-order valence-corrected chi connectivity index (χ1v) is 11.0. The minimum Gasteiger partial charge on any atom is -0.487 e. The van der Waals surface area contributed by atoms with Gasteiger partial charge in [0.2, 0.25) is 0 Å². The number of aliphatic imine (C=N–C) groups is 1. The van der Waals surface area contributed by atoms with Crippen molar-refractivity contribution in [2.45, 2.75) is 70.9 Å². The van der Waals surface area contributed by atoms with Crippen LogP contribution in [-0.2, 0) is 6.42 Å². The predicted molar refractivity (Wildman–Crippen MR) is 119 cm³/mol. The van der Waals surface area contributed by atoms with Gasteiger partial charge in [-0.05, 0) is 58.2 Å². The molecule has 0 amide bonds. The molecule has 1 saturated heterocycles. The number of allylic oxidation sites excluding steroid dienone is 1. The normalized spacial score (nSPS) is 24.5. The number of nitrogens with zero attached hydrogens (tertiary/aromatic N) is 3. The molecule has 6 heteroatoms. The second-order valence-electron chi connectivity index (χ2n) is 8.59. The lowest BCUT2D eigenvalue weighted by molar-refractivity contribution is 0.0230. The van der Waals surface area contributed by atoms with Crippen molar-refractivity contribution in [1.29, 1.82) is 0 Å². The first-order valence-electron chi connectivity index (χ1n) is 11.0. The molecule has 4 rings (SSSR count). The van der Waals surface area contributed by atoms with Gasteiger partial charge in [0.05, 0.1) is 6.04 Å². The summed E-state index contributed by atoms with van der Waals surface area (Å²) >= 11 is 0. The van der Waals surface area contributed by atoms with Crippen molar-refractivity contribution in [1.82, 2.24) is 4.90 Å². The van der Waals surface area contributed by atoms with Crippen LogP contribution < -0.4 is 15.4 Å². The van der Waals surface area contributed by atoms with Crippen LogP contribution in [-0.4, -0.2) is 60.3 Å². The highest BCUT2D eigenvalue weighted by Crippen LogP contribution is 2.42. The zero-order valence-electron chi connectivity index (χ0n) is 17.8. The molecule has 158 valence electrons. The van der Waals surface area contributed by atoms with Crippen molar-refractivity contribution in [2.75, 3.05) is 24.5 Å². The van der Waals surface area contributed by atoms with Crippen molar-refractivity contribution >= 4 is 17.5 Å². The van der Waals surface area contributed by atoms with Crippen LogP contribution in [0, 0.1) is 0 Å². The van der Waals surface area contributed by atoms with Crippen LogP contribution >= 0.6 is 0 Å². The summed E-state index contributed by atoms with van der Waals surface area (Å²) in [6.07, 6.45) is 7.45. The molecule has 2 atom stereocenters. The van der Waals surface area contributed by atoms with E-state index in [1.807, 2.05) is 13.1 Å². The lowest BCUT2D eigenvalue weighted by Gasteiger charge is -2.42. The standard InChI is InChI=1S/C23H34N4O2/c1-4-26-13-19(14-26)29-23-20(17(11-24)12-25-18-6-7-18)9-10-22-21(23)8-5-15(2)27(22)16(3)28/h9-12,15-16,18-19,28H,4-8,13-14,24H2,1-3H3/t15-,16?/m0/s1. The first kappa shape index (κ1) is 20.2. The number of benzene rings is 1. The number of nitrogens with two attached hydrogens (primary N) is 1. The van der Waals surface area contributed by atoms with Gasteiger partial charge in [-0.15, -0.1) is 0 Å². The van der Waals surface area contributed by atoms with E-state index in [0.29, 0.717) is 12.1 Å². The summed E-state index contributed by atoms with van der Waals surface area (Å²) in [5, 5.41) is 10.4. The quantitative estimate of drug-likeness (QED) is 0.691. The van der Waals surface area contributed by atoms with Crippen LogP contribution in [0.25, 0.3) is 5.57 Å². The van der Waals surface area contributed by atoms with E-state index in [-0.39, 0.29) is 6.10 Å². The topological polar surface area (TPSA) is 74.3 Å². The Hall–Kier alpha value is -2.05. The lowest BCUT2D eigenvalue weighted by Crippen LogP contribution is -2.53. The van der Waals surface area contributed by atoms with Crippen LogP contribution in [0.4, 0.5) is 5.69 Å². The summed E-state index contributed by atoms with van der Waals surface area (Å²) in [4.78, 5) is 9.11. The molecule has 1 saturated carbocycles. The average molecular weight is 399 g/mol. The molecule has 0 bridgehead atoms. The van der Waals surface area contributed by atoms with Gasteiger partial charge >= 0.3 is 0 Å². The molecule has 2 aliphatic heterocycles. The third kappa shape index (κ3) is 4.14. The summed E-state index contributed by atoms with van der Waals surface area (Å²) in [5.74, 6) is 0.916. The van der Waals surface area contributed by atoms with Gasteiger partial charge in [-0.2, -0.15) is 0 Å². The highest BCUT2D eigenvalue weighted by atomic mass is 16.5. The molecule has 3 N–H and O–H groups in total. The van der Waals surface area contributed by atoms with E-state index in [9.17, 15) is 5.11 Å². The monoisotopic (exact) mass is 398 g/mol. The fourth-order valence-corrected chi connectivity index (χ4v) is 4.40. The summed E-state index contributed by atoms with van der Waals surface area (Å²) < 4.78 is 6.57. The van der Waals surface area contributed by atoms with Crippen molar-refractivity contribution < 1.29 is 9.84 Å². The summed E-state index contributed by atoms with van der Waals surface area (Å²) in [6.45, 7) is 9.13. The molecule has 2 fully saturated rings. The van der Waals surface area contributed by atoms with Gasteiger partial charge in [0.15, 0.2) is 0 Å². The zero-order chi connectivity index (χ0) is 20.5.